The van der Waals surface area contributed by atoms with Gasteiger partial charge >= 0.3 is 5.69 Å². The predicted molar refractivity (Wildman–Crippen MR) is 198 cm³/mol. The Kier molecular flexibility index (Phi) is 9.19. The molecule has 3 atom stereocenters. The maximum absolute atomic E-state index is 16.0. The van der Waals surface area contributed by atoms with E-state index in [1.807, 2.05) is 60.3 Å². The molecule has 5 aromatic rings. The Hall–Kier alpha value is -5.02. The van der Waals surface area contributed by atoms with E-state index in [4.69, 9.17) is 11.6 Å². The van der Waals surface area contributed by atoms with Gasteiger partial charge in [0.15, 0.2) is 5.82 Å². The van der Waals surface area contributed by atoms with Crippen LogP contribution in [-0.4, -0.2) is 83.8 Å². The number of carbonyl (C=O) groups excluding carboxylic acids is 2. The van der Waals surface area contributed by atoms with Crippen LogP contribution in [-0.2, 0) is 30.2 Å². The van der Waals surface area contributed by atoms with E-state index in [1.54, 1.807) is 34.7 Å². The first-order valence-corrected chi connectivity index (χ1v) is 17.7. The summed E-state index contributed by atoms with van der Waals surface area (Å²) in [6.07, 6.45) is 1.85. The zero-order chi connectivity index (χ0) is 37.1. The molecule has 2 amide bonds. The number of piperidine rings is 2. The van der Waals surface area contributed by atoms with Gasteiger partial charge in [-0.05, 0) is 69.5 Å². The van der Waals surface area contributed by atoms with Gasteiger partial charge in [0.05, 0.1) is 52.5 Å². The monoisotopic (exact) mass is 732 g/mol. The smallest absolute Gasteiger partial charge is 0.328 e. The summed E-state index contributed by atoms with van der Waals surface area (Å²) in [6.45, 7) is 4.35. The maximum atomic E-state index is 16.0. The number of carbonyl (C=O) groups is 2. The molecule has 274 valence electrons. The van der Waals surface area contributed by atoms with Crippen molar-refractivity contribution < 1.29 is 19.1 Å². The average molecular weight is 733 g/mol. The maximum Gasteiger partial charge on any atom is 0.328 e. The van der Waals surface area contributed by atoms with Crippen molar-refractivity contribution in [3.05, 3.63) is 63.8 Å². The topological polar surface area (TPSA) is 155 Å². The summed E-state index contributed by atoms with van der Waals surface area (Å²) in [7, 11) is 5.40. The number of aryl methyl sites for hydroxylation is 3. The lowest BCUT2D eigenvalue weighted by Gasteiger charge is -2.40. The summed E-state index contributed by atoms with van der Waals surface area (Å²) < 4.78 is 20.9. The number of fused-ring (bicyclic) bond motifs is 2. The second-order valence-corrected chi connectivity index (χ2v) is 14.8. The van der Waals surface area contributed by atoms with E-state index in [0.717, 1.165) is 22.1 Å². The molecule has 0 bridgehead atoms. The van der Waals surface area contributed by atoms with Crippen molar-refractivity contribution in [3.63, 3.8) is 0 Å². The van der Waals surface area contributed by atoms with E-state index in [9.17, 15) is 19.5 Å². The molecule has 2 fully saturated rings. The molecule has 5 heterocycles. The number of hydrogen-bond donors (Lipinski definition) is 3. The molecule has 3 N–H and O–H groups in total. The van der Waals surface area contributed by atoms with E-state index < -0.39 is 23.7 Å². The van der Waals surface area contributed by atoms with Crippen molar-refractivity contribution in [2.45, 2.75) is 69.8 Å². The number of alkyl halides is 1. The summed E-state index contributed by atoms with van der Waals surface area (Å²) >= 11 is 6.52. The minimum Gasteiger partial charge on any atom is -0.390 e. The minimum absolute atomic E-state index is 0.0765. The summed E-state index contributed by atoms with van der Waals surface area (Å²) in [6, 6.07) is 10.9. The van der Waals surface area contributed by atoms with Crippen molar-refractivity contribution in [3.8, 4) is 0 Å². The van der Waals surface area contributed by atoms with Gasteiger partial charge in [0, 0.05) is 57.4 Å². The number of rotatable bonds is 9. The highest BCUT2D eigenvalue weighted by atomic mass is 35.5. The molecule has 2 aliphatic rings. The number of halogens is 2. The van der Waals surface area contributed by atoms with Crippen LogP contribution in [0.4, 0.5) is 27.5 Å². The number of amides is 2. The largest absolute Gasteiger partial charge is 0.390 e. The van der Waals surface area contributed by atoms with Gasteiger partial charge in [0.25, 0.3) is 0 Å². The number of anilines is 4. The predicted octanol–water partition coefficient (Wildman–Crippen LogP) is 4.15. The Morgan fingerprint density at radius 1 is 1.10 bits per heavy atom. The van der Waals surface area contributed by atoms with Crippen LogP contribution in [0.2, 0.25) is 5.02 Å². The van der Waals surface area contributed by atoms with Gasteiger partial charge in [-0.1, -0.05) is 11.6 Å². The number of imide groups is 1. The van der Waals surface area contributed by atoms with Crippen LogP contribution in [0.15, 0.2) is 47.4 Å². The third kappa shape index (κ3) is 6.70. The Balaban J connectivity index is 1.06. The van der Waals surface area contributed by atoms with Gasteiger partial charge in [-0.2, -0.15) is 10.1 Å². The number of aliphatic hydroxyl groups is 1. The molecule has 14 nitrogen and oxygen atoms in total. The first kappa shape index (κ1) is 35.4. The highest BCUT2D eigenvalue weighted by Gasteiger charge is 2.35. The number of nitrogens with zero attached hydrogens (tertiary/aromatic N) is 8. The third-order valence-electron chi connectivity index (χ3n) is 10.2. The lowest BCUT2D eigenvalue weighted by atomic mass is 9.92. The quantitative estimate of drug-likeness (QED) is 0.188. The van der Waals surface area contributed by atoms with Crippen molar-refractivity contribution >= 4 is 68.5 Å². The fourth-order valence-electron chi connectivity index (χ4n) is 7.23. The summed E-state index contributed by atoms with van der Waals surface area (Å²) in [5.41, 5.74) is 3.27. The third-order valence-corrected chi connectivity index (χ3v) is 10.5. The summed E-state index contributed by atoms with van der Waals surface area (Å²) in [5, 5.41) is 21.7. The van der Waals surface area contributed by atoms with Crippen LogP contribution in [0.25, 0.3) is 21.9 Å². The molecular formula is C36H42ClFN10O4. The highest BCUT2D eigenvalue weighted by Crippen LogP contribution is 2.34. The number of nitrogens with one attached hydrogen (secondary N) is 2. The average Bonchev–Trinajstić information content (AvgIpc) is 3.55. The second-order valence-electron chi connectivity index (χ2n) is 14.4. The summed E-state index contributed by atoms with van der Waals surface area (Å²) in [4.78, 5) is 50.1. The molecule has 0 radical (unpaired) electrons. The van der Waals surface area contributed by atoms with Crippen molar-refractivity contribution in [1.82, 2.24) is 34.2 Å². The molecule has 0 spiro atoms. The van der Waals surface area contributed by atoms with Gasteiger partial charge in [0.1, 0.15) is 11.2 Å². The van der Waals surface area contributed by atoms with E-state index in [2.05, 4.69) is 25.7 Å². The fourth-order valence-corrected chi connectivity index (χ4v) is 7.37. The van der Waals surface area contributed by atoms with Crippen LogP contribution in [0.1, 0.15) is 51.1 Å². The van der Waals surface area contributed by atoms with Crippen LogP contribution in [0.5, 0.6) is 0 Å². The summed E-state index contributed by atoms with van der Waals surface area (Å²) in [5.74, 6) is -0.417. The molecule has 16 heteroatoms. The van der Waals surface area contributed by atoms with E-state index >= 15 is 4.39 Å². The fraction of sp³-hybridized carbons (Fsp3) is 0.444. The molecular weight excluding hydrogens is 691 g/mol. The van der Waals surface area contributed by atoms with E-state index in [0.29, 0.717) is 61.0 Å². The van der Waals surface area contributed by atoms with Gasteiger partial charge in [-0.15, -0.1) is 0 Å². The molecule has 52 heavy (non-hydrogen) atoms. The number of hydrogen-bond acceptors (Lipinski definition) is 10. The normalized spacial score (nSPS) is 19.8. The standard InChI is InChI=1S/C36H42ClFN10O4/c1-36(2,52)13-15-48-29-16-20(6-10-27(29)45(4)35(48)51)40-32-24(37)18-39-34(42-32)47-14-12-26(25(38)19-47)44(3)21-7-8-22-28(17-21)46(5)43-31(22)23-9-11-30(49)41-33(23)50/h6-8,10,16-18,23,25-26,52H,9,11-15,19H2,1-5H3,(H,39,40,42)(H,41,49,50)/t23?,25-,26-/m1/s1. The molecule has 2 aromatic carbocycles. The van der Waals surface area contributed by atoms with Crippen LogP contribution < -0.4 is 26.1 Å². The van der Waals surface area contributed by atoms with Crippen LogP contribution >= 0.6 is 11.6 Å². The zero-order valence-electron chi connectivity index (χ0n) is 29.7. The lowest BCUT2D eigenvalue weighted by molar-refractivity contribution is -0.134. The molecule has 1 unspecified atom stereocenters. The molecule has 7 rings (SSSR count). The Morgan fingerprint density at radius 2 is 1.88 bits per heavy atom. The van der Waals surface area contributed by atoms with E-state index in [1.165, 1.54) is 6.20 Å². The first-order valence-electron chi connectivity index (χ1n) is 17.3. The van der Waals surface area contributed by atoms with Crippen molar-refractivity contribution in [1.29, 1.82) is 0 Å². The highest BCUT2D eigenvalue weighted by molar-refractivity contribution is 6.33. The Morgan fingerprint density at radius 3 is 2.62 bits per heavy atom. The molecule has 2 aliphatic heterocycles. The van der Waals surface area contributed by atoms with Gasteiger partial charge < -0.3 is 20.2 Å². The molecule has 0 saturated carbocycles. The Labute approximate surface area is 304 Å². The molecule has 0 aliphatic carbocycles. The lowest BCUT2D eigenvalue weighted by Crippen LogP contribution is -2.52. The van der Waals surface area contributed by atoms with Gasteiger partial charge in [-0.3, -0.25) is 28.7 Å². The minimum atomic E-state index is -1.23. The van der Waals surface area contributed by atoms with Crippen LogP contribution in [0.3, 0.4) is 0 Å². The SMILES string of the molecule is CN(c1ccc2c(C3CCC(=O)NC3=O)nn(C)c2c1)[C@@H]1CCN(c2ncc(Cl)c(Nc3ccc4c(c3)n(CCC(C)(C)O)c(=O)n4C)n2)C[C@H]1F. The van der Waals surface area contributed by atoms with E-state index in [-0.39, 0.29) is 35.5 Å². The number of aromatic nitrogens is 6. The Bertz CT molecular complexity index is 2260. The molecule has 2 saturated heterocycles. The first-order chi connectivity index (χ1) is 24.7. The van der Waals surface area contributed by atoms with Gasteiger partial charge in [-0.25, -0.2) is 14.2 Å². The van der Waals surface area contributed by atoms with Crippen molar-refractivity contribution in [2.75, 3.05) is 35.3 Å². The van der Waals surface area contributed by atoms with Gasteiger partial charge in [0.2, 0.25) is 17.8 Å². The van der Waals surface area contributed by atoms with Crippen LogP contribution in [0, 0.1) is 0 Å². The number of imidazole rings is 1. The second kappa shape index (κ2) is 13.5. The molecule has 3 aromatic heterocycles. The van der Waals surface area contributed by atoms with Crippen molar-refractivity contribution in [2.24, 2.45) is 14.1 Å². The number of benzene rings is 2. The zero-order valence-corrected chi connectivity index (χ0v) is 30.5.